The first-order valence-corrected chi connectivity index (χ1v) is 7.78. The minimum Gasteiger partial charge on any atom is -0.369 e. The van der Waals surface area contributed by atoms with E-state index in [4.69, 9.17) is 0 Å². The van der Waals surface area contributed by atoms with Crippen molar-refractivity contribution in [3.05, 3.63) is 69.8 Å². The highest BCUT2D eigenvalue weighted by Gasteiger charge is 2.21. The molecular weight excluding hydrogens is 312 g/mol. The number of nitro groups is 1. The molecule has 0 atom stereocenters. The summed E-state index contributed by atoms with van der Waals surface area (Å²) in [6.45, 7) is 0. The number of hydrogen-bond acceptors (Lipinski definition) is 5. The average molecular weight is 326 g/mol. The van der Waals surface area contributed by atoms with Crippen molar-refractivity contribution < 1.29 is 9.72 Å². The third-order valence-electron chi connectivity index (χ3n) is 3.55. The number of benzene rings is 2. The van der Waals surface area contributed by atoms with Gasteiger partial charge in [0.15, 0.2) is 5.78 Å². The average Bonchev–Trinajstić information content (AvgIpc) is 2.94. The van der Waals surface area contributed by atoms with E-state index in [2.05, 4.69) is 0 Å². The van der Waals surface area contributed by atoms with Crippen LogP contribution in [-0.4, -0.2) is 24.8 Å². The summed E-state index contributed by atoms with van der Waals surface area (Å²) >= 11 is 1.56. The lowest BCUT2D eigenvalue weighted by atomic mass is 10.0. The van der Waals surface area contributed by atoms with E-state index in [9.17, 15) is 14.9 Å². The number of anilines is 1. The summed E-state index contributed by atoms with van der Waals surface area (Å²) in [4.78, 5) is 25.1. The molecule has 23 heavy (non-hydrogen) atoms. The fraction of sp³-hybridized carbons (Fsp3) is 0.118. The number of nitro benzene ring substituents is 1. The molecule has 0 spiro atoms. The molecule has 6 heteroatoms. The number of carbonyl (C=O) groups excluding carboxylic acids is 1. The van der Waals surface area contributed by atoms with Crippen molar-refractivity contribution in [3.8, 4) is 0 Å². The molecule has 5 nitrogen and oxygen atoms in total. The van der Waals surface area contributed by atoms with Gasteiger partial charge in [0.25, 0.3) is 5.69 Å². The van der Waals surface area contributed by atoms with Crippen LogP contribution in [0.1, 0.15) is 15.9 Å². The molecule has 3 aromatic rings. The predicted molar refractivity (Wildman–Crippen MR) is 92.7 cm³/mol. The number of non-ortho nitro benzene ring substituents is 1. The Kier molecular flexibility index (Phi) is 3.83. The van der Waals surface area contributed by atoms with Crippen LogP contribution in [-0.2, 0) is 0 Å². The summed E-state index contributed by atoms with van der Waals surface area (Å²) in [6.07, 6.45) is 0. The molecule has 3 rings (SSSR count). The van der Waals surface area contributed by atoms with Crippen LogP contribution in [0, 0.1) is 10.1 Å². The summed E-state index contributed by atoms with van der Waals surface area (Å²) in [5.74, 6) is -0.124. The van der Waals surface area contributed by atoms with E-state index in [0.717, 1.165) is 15.1 Å². The molecular formula is C17H14N2O3S. The number of nitrogens with zero attached hydrogens (tertiary/aromatic N) is 2. The summed E-state index contributed by atoms with van der Waals surface area (Å²) in [7, 11) is 3.80. The molecule has 1 aromatic heterocycles. The second-order valence-corrected chi connectivity index (χ2v) is 6.34. The van der Waals surface area contributed by atoms with Gasteiger partial charge in [-0.2, -0.15) is 0 Å². The van der Waals surface area contributed by atoms with E-state index in [1.54, 1.807) is 11.3 Å². The van der Waals surface area contributed by atoms with Crippen LogP contribution in [0.3, 0.4) is 0 Å². The molecule has 0 aliphatic carbocycles. The molecule has 0 bridgehead atoms. The second kappa shape index (κ2) is 5.81. The normalized spacial score (nSPS) is 10.7. The van der Waals surface area contributed by atoms with Crippen molar-refractivity contribution in [1.82, 2.24) is 0 Å². The van der Waals surface area contributed by atoms with E-state index in [0.29, 0.717) is 11.1 Å². The molecule has 0 radical (unpaired) electrons. The lowest BCUT2D eigenvalue weighted by Gasteiger charge is -2.12. The molecule has 116 valence electrons. The number of thiophene rings is 1. The van der Waals surface area contributed by atoms with Crippen molar-refractivity contribution >= 4 is 37.9 Å². The first-order chi connectivity index (χ1) is 11.0. The number of carbonyl (C=O) groups is 1. The lowest BCUT2D eigenvalue weighted by Crippen LogP contribution is -2.12. The molecule has 0 aliphatic heterocycles. The van der Waals surface area contributed by atoms with E-state index < -0.39 is 4.92 Å². The molecule has 0 N–H and O–H groups in total. The van der Waals surface area contributed by atoms with Gasteiger partial charge in [0, 0.05) is 41.9 Å². The predicted octanol–water partition coefficient (Wildman–Crippen LogP) is 4.11. The summed E-state index contributed by atoms with van der Waals surface area (Å²) in [5, 5.41) is 12.5. The number of ketones is 1. The topological polar surface area (TPSA) is 63.5 Å². The first kappa shape index (κ1) is 15.2. The summed E-state index contributed by atoms with van der Waals surface area (Å²) < 4.78 is 1.04. The van der Waals surface area contributed by atoms with Crippen LogP contribution < -0.4 is 4.90 Å². The Labute approximate surface area is 136 Å². The van der Waals surface area contributed by atoms with Gasteiger partial charge < -0.3 is 4.90 Å². The van der Waals surface area contributed by atoms with Gasteiger partial charge in [-0.3, -0.25) is 14.9 Å². The fourth-order valence-electron chi connectivity index (χ4n) is 2.45. The van der Waals surface area contributed by atoms with Gasteiger partial charge in [-0.25, -0.2) is 0 Å². The Bertz CT molecular complexity index is 898. The van der Waals surface area contributed by atoms with Crippen molar-refractivity contribution in [2.75, 3.05) is 19.0 Å². The van der Waals surface area contributed by atoms with Crippen molar-refractivity contribution in [1.29, 1.82) is 0 Å². The van der Waals surface area contributed by atoms with Crippen LogP contribution in [0.2, 0.25) is 0 Å². The highest BCUT2D eigenvalue weighted by molar-refractivity contribution is 7.23. The van der Waals surface area contributed by atoms with Gasteiger partial charge in [0.05, 0.1) is 10.5 Å². The zero-order valence-corrected chi connectivity index (χ0v) is 13.5. The Hall–Kier alpha value is -2.73. The van der Waals surface area contributed by atoms with E-state index >= 15 is 0 Å². The van der Waals surface area contributed by atoms with Gasteiger partial charge in [-0.15, -0.1) is 11.3 Å². The zero-order chi connectivity index (χ0) is 16.6. The van der Waals surface area contributed by atoms with Gasteiger partial charge >= 0.3 is 0 Å². The van der Waals surface area contributed by atoms with Crippen LogP contribution in [0.4, 0.5) is 10.7 Å². The quantitative estimate of drug-likeness (QED) is 0.411. The number of rotatable bonds is 4. The molecule has 0 amide bonds. The van der Waals surface area contributed by atoms with Gasteiger partial charge in [-0.1, -0.05) is 18.2 Å². The monoisotopic (exact) mass is 326 g/mol. The maximum Gasteiger partial charge on any atom is 0.269 e. The maximum atomic E-state index is 12.9. The third kappa shape index (κ3) is 2.68. The second-order valence-electron chi connectivity index (χ2n) is 5.31. The van der Waals surface area contributed by atoms with E-state index in [1.807, 2.05) is 43.3 Å². The van der Waals surface area contributed by atoms with Crippen LogP contribution in [0.25, 0.3) is 10.1 Å². The first-order valence-electron chi connectivity index (χ1n) is 6.97. The Balaban J connectivity index is 2.13. The molecule has 0 saturated heterocycles. The zero-order valence-electron chi connectivity index (χ0n) is 12.6. The van der Waals surface area contributed by atoms with Gasteiger partial charge in [0.1, 0.15) is 5.00 Å². The van der Waals surface area contributed by atoms with Crippen LogP contribution in [0.15, 0.2) is 48.5 Å². The van der Waals surface area contributed by atoms with Gasteiger partial charge in [0.2, 0.25) is 0 Å². The van der Waals surface area contributed by atoms with E-state index in [1.165, 1.54) is 24.3 Å². The molecule has 1 heterocycles. The Morgan fingerprint density at radius 2 is 1.74 bits per heavy atom. The van der Waals surface area contributed by atoms with Gasteiger partial charge in [-0.05, 0) is 18.2 Å². The third-order valence-corrected chi connectivity index (χ3v) is 4.89. The van der Waals surface area contributed by atoms with Crippen LogP contribution >= 0.6 is 11.3 Å². The Morgan fingerprint density at radius 3 is 2.35 bits per heavy atom. The fourth-order valence-corrected chi connectivity index (χ4v) is 3.57. The standard InChI is InChI=1S/C17H14N2O3S/c1-18(2)17-15(13-5-3-4-6-14(13)23-17)16(20)11-7-9-12(10-8-11)19(21)22/h3-10H,1-2H3. The molecule has 0 unspecified atom stereocenters. The minimum atomic E-state index is -0.473. The van der Waals surface area contributed by atoms with Crippen LogP contribution in [0.5, 0.6) is 0 Å². The van der Waals surface area contributed by atoms with E-state index in [-0.39, 0.29) is 11.5 Å². The number of fused-ring (bicyclic) bond motifs is 1. The number of hydrogen-bond donors (Lipinski definition) is 0. The minimum absolute atomic E-state index is 0.0236. The molecule has 0 fully saturated rings. The summed E-state index contributed by atoms with van der Waals surface area (Å²) in [5.41, 5.74) is 1.07. The largest absolute Gasteiger partial charge is 0.369 e. The highest BCUT2D eigenvalue weighted by Crippen LogP contribution is 2.38. The van der Waals surface area contributed by atoms with Crippen molar-refractivity contribution in [3.63, 3.8) is 0 Å². The SMILES string of the molecule is CN(C)c1sc2ccccc2c1C(=O)c1ccc([N+](=O)[O-])cc1. The molecule has 2 aromatic carbocycles. The molecule has 0 saturated carbocycles. The maximum absolute atomic E-state index is 12.9. The summed E-state index contributed by atoms with van der Waals surface area (Å²) in [6, 6.07) is 13.5. The van der Waals surface area contributed by atoms with Crippen molar-refractivity contribution in [2.24, 2.45) is 0 Å². The van der Waals surface area contributed by atoms with Crippen molar-refractivity contribution in [2.45, 2.75) is 0 Å². The highest BCUT2D eigenvalue weighted by atomic mass is 32.1. The molecule has 0 aliphatic rings. The Morgan fingerprint density at radius 1 is 1.09 bits per heavy atom. The lowest BCUT2D eigenvalue weighted by molar-refractivity contribution is -0.384. The smallest absolute Gasteiger partial charge is 0.269 e.